The summed E-state index contributed by atoms with van der Waals surface area (Å²) in [4.78, 5) is 0. The molecule has 0 aliphatic heterocycles. The first-order chi connectivity index (χ1) is 4.27. The first-order valence-electron chi connectivity index (χ1n) is 3.48. The third-order valence-corrected chi connectivity index (χ3v) is 1.17. The van der Waals surface area contributed by atoms with Crippen molar-refractivity contribution in [2.75, 3.05) is 6.67 Å². The molecule has 0 rings (SSSR count). The van der Waals surface area contributed by atoms with Crippen molar-refractivity contribution in [3.05, 3.63) is 12.2 Å². The molecule has 0 atom stereocenters. The van der Waals surface area contributed by atoms with Gasteiger partial charge in [0.25, 0.3) is 0 Å². The molecule has 1 heteroatoms. The zero-order valence-corrected chi connectivity index (χ0v) is 6.23. The fraction of sp³-hybridized carbons (Fsp3) is 0.750. The van der Waals surface area contributed by atoms with Crippen LogP contribution in [0.3, 0.4) is 0 Å². The van der Waals surface area contributed by atoms with Crippen LogP contribution in [-0.4, -0.2) is 6.67 Å². The number of allylic oxidation sites excluding steroid dienone is 2. The highest BCUT2D eigenvalue weighted by Gasteiger charge is 1.88. The lowest BCUT2D eigenvalue weighted by Crippen LogP contribution is -1.83. The van der Waals surface area contributed by atoms with E-state index in [1.54, 1.807) is 6.08 Å². The Bertz CT molecular complexity index is 74.6. The molecule has 0 aliphatic carbocycles. The molecule has 0 saturated carbocycles. The van der Waals surface area contributed by atoms with Crippen LogP contribution in [0.25, 0.3) is 0 Å². The summed E-state index contributed by atoms with van der Waals surface area (Å²) in [5.41, 5.74) is 0. The Hall–Kier alpha value is -0.330. The highest BCUT2D eigenvalue weighted by Crippen LogP contribution is 2.03. The SMILES string of the molecule is CC(C)CCC=CCF. The summed E-state index contributed by atoms with van der Waals surface area (Å²) in [6.07, 6.45) is 5.65. The van der Waals surface area contributed by atoms with Gasteiger partial charge in [-0.05, 0) is 18.8 Å². The van der Waals surface area contributed by atoms with E-state index in [4.69, 9.17) is 0 Å². The standard InChI is InChI=1S/C8H15F/c1-8(2)6-4-3-5-7-9/h3,5,8H,4,6-7H2,1-2H3. The van der Waals surface area contributed by atoms with Gasteiger partial charge in [0.2, 0.25) is 0 Å². The number of rotatable bonds is 4. The summed E-state index contributed by atoms with van der Waals surface area (Å²) in [6.45, 7) is 4.02. The zero-order chi connectivity index (χ0) is 7.11. The maximum atomic E-state index is 11.4. The van der Waals surface area contributed by atoms with Gasteiger partial charge in [0, 0.05) is 0 Å². The largest absolute Gasteiger partial charge is 0.247 e. The van der Waals surface area contributed by atoms with Gasteiger partial charge in [-0.25, -0.2) is 4.39 Å². The van der Waals surface area contributed by atoms with Gasteiger partial charge < -0.3 is 0 Å². The topological polar surface area (TPSA) is 0 Å². The monoisotopic (exact) mass is 130 g/mol. The van der Waals surface area contributed by atoms with E-state index in [-0.39, 0.29) is 6.67 Å². The molecule has 0 bridgehead atoms. The third-order valence-electron chi connectivity index (χ3n) is 1.17. The normalized spacial score (nSPS) is 11.6. The lowest BCUT2D eigenvalue weighted by Gasteiger charge is -1.97. The van der Waals surface area contributed by atoms with E-state index in [0.717, 1.165) is 18.8 Å². The fourth-order valence-corrected chi connectivity index (χ4v) is 0.610. The molecule has 0 amide bonds. The maximum absolute atomic E-state index is 11.4. The van der Waals surface area contributed by atoms with Crippen molar-refractivity contribution in [3.63, 3.8) is 0 Å². The molecular weight excluding hydrogens is 115 g/mol. The van der Waals surface area contributed by atoms with Gasteiger partial charge in [-0.3, -0.25) is 0 Å². The van der Waals surface area contributed by atoms with Gasteiger partial charge in [0.15, 0.2) is 0 Å². The molecule has 0 aromatic heterocycles. The van der Waals surface area contributed by atoms with Gasteiger partial charge in [0.05, 0.1) is 0 Å². The van der Waals surface area contributed by atoms with Crippen molar-refractivity contribution >= 4 is 0 Å². The van der Waals surface area contributed by atoms with Crippen molar-refractivity contribution < 1.29 is 4.39 Å². The lowest BCUT2D eigenvalue weighted by atomic mass is 10.1. The molecule has 9 heavy (non-hydrogen) atoms. The molecule has 0 unspecified atom stereocenters. The van der Waals surface area contributed by atoms with Crippen molar-refractivity contribution in [1.82, 2.24) is 0 Å². The van der Waals surface area contributed by atoms with E-state index in [1.165, 1.54) is 0 Å². The summed E-state index contributed by atoms with van der Waals surface area (Å²) in [7, 11) is 0. The van der Waals surface area contributed by atoms with E-state index < -0.39 is 0 Å². The highest BCUT2D eigenvalue weighted by molar-refractivity contribution is 4.80. The second-order valence-electron chi connectivity index (χ2n) is 2.60. The first kappa shape index (κ1) is 8.67. The van der Waals surface area contributed by atoms with Crippen LogP contribution in [0.2, 0.25) is 0 Å². The Morgan fingerprint density at radius 2 is 2.00 bits per heavy atom. The van der Waals surface area contributed by atoms with Crippen molar-refractivity contribution in [2.24, 2.45) is 5.92 Å². The Balaban J connectivity index is 2.99. The summed E-state index contributed by atoms with van der Waals surface area (Å²) in [6, 6.07) is 0. The van der Waals surface area contributed by atoms with Gasteiger partial charge >= 0.3 is 0 Å². The number of hydrogen-bond acceptors (Lipinski definition) is 0. The number of halogens is 1. The third kappa shape index (κ3) is 7.67. The quantitative estimate of drug-likeness (QED) is 0.513. The van der Waals surface area contributed by atoms with Crippen LogP contribution in [0.4, 0.5) is 4.39 Å². The molecule has 54 valence electrons. The van der Waals surface area contributed by atoms with Gasteiger partial charge in [0.1, 0.15) is 6.67 Å². The number of hydrogen-bond donors (Lipinski definition) is 0. The van der Waals surface area contributed by atoms with Gasteiger partial charge in [-0.2, -0.15) is 0 Å². The fourth-order valence-electron chi connectivity index (χ4n) is 0.610. The van der Waals surface area contributed by atoms with E-state index in [0.29, 0.717) is 0 Å². The molecule has 0 heterocycles. The molecule has 0 saturated heterocycles. The molecular formula is C8H15F. The minimum Gasteiger partial charge on any atom is -0.247 e. The molecule has 0 N–H and O–H groups in total. The maximum Gasteiger partial charge on any atom is 0.108 e. The zero-order valence-electron chi connectivity index (χ0n) is 6.23. The lowest BCUT2D eigenvalue weighted by molar-refractivity contribution is 0.557. The summed E-state index contributed by atoms with van der Waals surface area (Å²) < 4.78 is 11.4. The van der Waals surface area contributed by atoms with Crippen LogP contribution in [-0.2, 0) is 0 Å². The Kier molecular flexibility index (Phi) is 5.59. The molecule has 0 aromatic rings. The smallest absolute Gasteiger partial charge is 0.108 e. The molecule has 0 radical (unpaired) electrons. The van der Waals surface area contributed by atoms with Gasteiger partial charge in [-0.1, -0.05) is 26.0 Å². The molecule has 0 spiro atoms. The molecule has 0 aromatic carbocycles. The Labute approximate surface area is 56.8 Å². The van der Waals surface area contributed by atoms with Crippen LogP contribution in [0.5, 0.6) is 0 Å². The minimum absolute atomic E-state index is 0.321. The average molecular weight is 130 g/mol. The van der Waals surface area contributed by atoms with E-state index in [9.17, 15) is 4.39 Å². The van der Waals surface area contributed by atoms with Crippen molar-refractivity contribution in [2.45, 2.75) is 26.7 Å². The van der Waals surface area contributed by atoms with Crippen LogP contribution < -0.4 is 0 Å². The average Bonchev–Trinajstić information content (AvgIpc) is 1.80. The predicted octanol–water partition coefficient (Wildman–Crippen LogP) is 2.95. The van der Waals surface area contributed by atoms with Gasteiger partial charge in [-0.15, -0.1) is 0 Å². The van der Waals surface area contributed by atoms with Crippen molar-refractivity contribution in [1.29, 1.82) is 0 Å². The van der Waals surface area contributed by atoms with Crippen LogP contribution in [0.1, 0.15) is 26.7 Å². The number of alkyl halides is 1. The minimum atomic E-state index is -0.321. The van der Waals surface area contributed by atoms with E-state index in [2.05, 4.69) is 13.8 Å². The van der Waals surface area contributed by atoms with Crippen LogP contribution in [0, 0.1) is 5.92 Å². The highest BCUT2D eigenvalue weighted by atomic mass is 19.1. The van der Waals surface area contributed by atoms with Crippen LogP contribution >= 0.6 is 0 Å². The Morgan fingerprint density at radius 1 is 1.33 bits per heavy atom. The molecule has 0 fully saturated rings. The van der Waals surface area contributed by atoms with E-state index in [1.807, 2.05) is 6.08 Å². The summed E-state index contributed by atoms with van der Waals surface area (Å²) >= 11 is 0. The van der Waals surface area contributed by atoms with Crippen molar-refractivity contribution in [3.8, 4) is 0 Å². The second-order valence-corrected chi connectivity index (χ2v) is 2.60. The second kappa shape index (κ2) is 5.80. The van der Waals surface area contributed by atoms with E-state index >= 15 is 0 Å². The summed E-state index contributed by atoms with van der Waals surface area (Å²) in [5, 5.41) is 0. The Morgan fingerprint density at radius 3 is 2.44 bits per heavy atom. The van der Waals surface area contributed by atoms with Crippen LogP contribution in [0.15, 0.2) is 12.2 Å². The molecule has 0 aliphatic rings. The molecule has 0 nitrogen and oxygen atoms in total. The predicted molar refractivity (Wildman–Crippen MR) is 39.2 cm³/mol. The first-order valence-corrected chi connectivity index (χ1v) is 3.48. The summed E-state index contributed by atoms with van der Waals surface area (Å²) in [5.74, 6) is 0.731.